The van der Waals surface area contributed by atoms with Gasteiger partial charge in [0.15, 0.2) is 5.78 Å². The van der Waals surface area contributed by atoms with Crippen LogP contribution in [0, 0.1) is 11.8 Å². The summed E-state index contributed by atoms with van der Waals surface area (Å²) in [6.45, 7) is 0. The van der Waals surface area contributed by atoms with Crippen LogP contribution >= 0.6 is 0 Å². The van der Waals surface area contributed by atoms with Crippen molar-refractivity contribution in [1.82, 2.24) is 0 Å². The lowest BCUT2D eigenvalue weighted by molar-refractivity contribution is -0.206. The van der Waals surface area contributed by atoms with Crippen LogP contribution in [0.3, 0.4) is 0 Å². The highest BCUT2D eigenvalue weighted by molar-refractivity contribution is 5.85. The van der Waals surface area contributed by atoms with E-state index >= 15 is 0 Å². The first-order valence-electron chi connectivity index (χ1n) is 7.84. The molecule has 0 saturated heterocycles. The fourth-order valence-electron chi connectivity index (χ4n) is 2.70. The Bertz CT molecular complexity index is 645. The van der Waals surface area contributed by atoms with Crippen molar-refractivity contribution in [2.75, 3.05) is 0 Å². The summed E-state index contributed by atoms with van der Waals surface area (Å²) < 4.78 is 80.1. The van der Waals surface area contributed by atoms with Crippen LogP contribution < -0.4 is 0 Å². The molecule has 7 heteroatoms. The zero-order valence-electron chi connectivity index (χ0n) is 13.5. The molecule has 0 N–H and O–H groups in total. The fourth-order valence-corrected chi connectivity index (χ4v) is 2.70. The Morgan fingerprint density at radius 2 is 0.962 bits per heavy atom. The van der Waals surface area contributed by atoms with Gasteiger partial charge in [0.2, 0.25) is 0 Å². The maximum atomic E-state index is 13.4. The lowest BCUT2D eigenvalue weighted by Gasteiger charge is -2.26. The summed E-state index contributed by atoms with van der Waals surface area (Å²) in [4.78, 5) is 12.3. The number of hydrogen-bond donors (Lipinski definition) is 0. The summed E-state index contributed by atoms with van der Waals surface area (Å²) in [5.74, 6) is -7.27. The standard InChI is InChI=1S/C19H16F6O/c20-18(21,22)15(11-13-7-3-1-4-8-13)17(26)16(19(23,24)25)12-14-9-5-2-6-10-14/h1-10,15-16H,11-12H2. The first-order valence-corrected chi connectivity index (χ1v) is 7.84. The van der Waals surface area contributed by atoms with Crippen molar-refractivity contribution in [3.63, 3.8) is 0 Å². The predicted octanol–water partition coefficient (Wildman–Crippen LogP) is 5.40. The summed E-state index contributed by atoms with van der Waals surface area (Å²) >= 11 is 0. The van der Waals surface area contributed by atoms with E-state index in [-0.39, 0.29) is 11.1 Å². The van der Waals surface area contributed by atoms with Gasteiger partial charge in [-0.25, -0.2) is 0 Å². The summed E-state index contributed by atoms with van der Waals surface area (Å²) in [5.41, 5.74) is 0.313. The smallest absolute Gasteiger partial charge is 0.298 e. The number of rotatable bonds is 6. The molecule has 2 aromatic rings. The molecular formula is C19H16F6O. The Hall–Kier alpha value is -2.31. The van der Waals surface area contributed by atoms with E-state index in [0.29, 0.717) is 0 Å². The molecule has 0 aromatic heterocycles. The molecule has 0 heterocycles. The fraction of sp³-hybridized carbons (Fsp3) is 0.316. The lowest BCUT2D eigenvalue weighted by atomic mass is 9.84. The molecule has 140 valence electrons. The molecule has 0 aliphatic heterocycles. The van der Waals surface area contributed by atoms with Crippen LogP contribution in [0.5, 0.6) is 0 Å². The van der Waals surface area contributed by atoms with Crippen molar-refractivity contribution in [2.45, 2.75) is 25.2 Å². The van der Waals surface area contributed by atoms with Crippen LogP contribution in [0.4, 0.5) is 26.3 Å². The molecule has 2 atom stereocenters. The third-order valence-electron chi connectivity index (χ3n) is 4.04. The molecule has 2 aromatic carbocycles. The van der Waals surface area contributed by atoms with Crippen LogP contribution in [0.1, 0.15) is 11.1 Å². The van der Waals surface area contributed by atoms with Gasteiger partial charge in [-0.2, -0.15) is 26.3 Å². The molecule has 1 nitrogen and oxygen atoms in total. The molecule has 0 saturated carbocycles. The van der Waals surface area contributed by atoms with Crippen LogP contribution in [0.25, 0.3) is 0 Å². The Kier molecular flexibility index (Phi) is 6.10. The van der Waals surface area contributed by atoms with E-state index in [1.807, 2.05) is 0 Å². The van der Waals surface area contributed by atoms with Gasteiger partial charge in [-0.15, -0.1) is 0 Å². The lowest BCUT2D eigenvalue weighted by Crippen LogP contribution is -2.43. The summed E-state index contributed by atoms with van der Waals surface area (Å²) in [7, 11) is 0. The highest BCUT2D eigenvalue weighted by Gasteiger charge is 2.53. The minimum Gasteiger partial charge on any atom is -0.298 e. The summed E-state index contributed by atoms with van der Waals surface area (Å²) in [6.07, 6.45) is -11.8. The molecule has 0 radical (unpaired) electrons. The predicted molar refractivity (Wildman–Crippen MR) is 84.4 cm³/mol. The average Bonchev–Trinajstić information content (AvgIpc) is 2.57. The van der Waals surface area contributed by atoms with Crippen molar-refractivity contribution in [3.05, 3.63) is 71.8 Å². The van der Waals surface area contributed by atoms with E-state index in [9.17, 15) is 31.1 Å². The van der Waals surface area contributed by atoms with E-state index in [1.54, 1.807) is 12.1 Å². The maximum Gasteiger partial charge on any atom is 0.398 e. The minimum atomic E-state index is -5.06. The van der Waals surface area contributed by atoms with Crippen LogP contribution in [-0.2, 0) is 17.6 Å². The van der Waals surface area contributed by atoms with Crippen LogP contribution in [0.15, 0.2) is 60.7 Å². The van der Waals surface area contributed by atoms with E-state index < -0.39 is 42.8 Å². The number of benzene rings is 2. The van der Waals surface area contributed by atoms with Gasteiger partial charge in [0, 0.05) is 0 Å². The largest absolute Gasteiger partial charge is 0.398 e. The van der Waals surface area contributed by atoms with Crippen molar-refractivity contribution < 1.29 is 31.1 Å². The van der Waals surface area contributed by atoms with Gasteiger partial charge in [0.1, 0.15) is 11.8 Å². The van der Waals surface area contributed by atoms with Crippen molar-refractivity contribution in [1.29, 1.82) is 0 Å². The van der Waals surface area contributed by atoms with Gasteiger partial charge in [-0.3, -0.25) is 4.79 Å². The van der Waals surface area contributed by atoms with Crippen LogP contribution in [-0.4, -0.2) is 18.1 Å². The number of alkyl halides is 6. The minimum absolute atomic E-state index is 0.156. The molecule has 0 aliphatic rings. The Labute approximate surface area is 146 Å². The monoisotopic (exact) mass is 374 g/mol. The molecule has 0 amide bonds. The average molecular weight is 374 g/mol. The third-order valence-corrected chi connectivity index (χ3v) is 4.04. The van der Waals surface area contributed by atoms with Crippen molar-refractivity contribution in [3.8, 4) is 0 Å². The second-order valence-electron chi connectivity index (χ2n) is 5.97. The van der Waals surface area contributed by atoms with Crippen molar-refractivity contribution in [2.24, 2.45) is 11.8 Å². The molecule has 0 spiro atoms. The second kappa shape index (κ2) is 7.93. The second-order valence-corrected chi connectivity index (χ2v) is 5.97. The summed E-state index contributed by atoms with van der Waals surface area (Å²) in [5, 5.41) is 0. The molecule has 0 fully saturated rings. The van der Waals surface area contributed by atoms with Crippen LogP contribution in [0.2, 0.25) is 0 Å². The molecule has 26 heavy (non-hydrogen) atoms. The number of ketones is 1. The third kappa shape index (κ3) is 5.34. The van der Waals surface area contributed by atoms with Gasteiger partial charge in [-0.05, 0) is 24.0 Å². The molecular weight excluding hydrogens is 358 g/mol. The number of Topliss-reactive ketones (excluding diaryl/α,β-unsaturated/α-hetero) is 1. The Morgan fingerprint density at radius 1 is 0.654 bits per heavy atom. The van der Waals surface area contributed by atoms with Gasteiger partial charge in [0.25, 0.3) is 0 Å². The Morgan fingerprint density at radius 3 is 1.23 bits per heavy atom. The SMILES string of the molecule is O=C(C(Cc1ccccc1)C(F)(F)F)C(Cc1ccccc1)C(F)(F)F. The molecule has 2 rings (SSSR count). The quantitative estimate of drug-likeness (QED) is 0.619. The zero-order valence-corrected chi connectivity index (χ0v) is 13.5. The topological polar surface area (TPSA) is 17.1 Å². The Balaban J connectivity index is 2.32. The van der Waals surface area contributed by atoms with Crippen molar-refractivity contribution >= 4 is 5.78 Å². The van der Waals surface area contributed by atoms with E-state index in [2.05, 4.69) is 0 Å². The first kappa shape index (κ1) is 20.0. The summed E-state index contributed by atoms with van der Waals surface area (Å²) in [6, 6.07) is 14.4. The number of carbonyl (C=O) groups is 1. The normalized spacial score (nSPS) is 14.7. The van der Waals surface area contributed by atoms with E-state index in [4.69, 9.17) is 0 Å². The molecule has 2 unspecified atom stereocenters. The van der Waals surface area contributed by atoms with Gasteiger partial charge >= 0.3 is 12.4 Å². The first-order chi connectivity index (χ1) is 12.1. The van der Waals surface area contributed by atoms with Gasteiger partial charge < -0.3 is 0 Å². The van der Waals surface area contributed by atoms with Gasteiger partial charge in [0.05, 0.1) is 0 Å². The number of hydrogen-bond acceptors (Lipinski definition) is 1. The number of halogens is 6. The molecule has 0 aliphatic carbocycles. The zero-order chi connectivity index (χ0) is 19.4. The van der Waals surface area contributed by atoms with Gasteiger partial charge in [-0.1, -0.05) is 60.7 Å². The maximum absolute atomic E-state index is 13.4. The number of carbonyl (C=O) groups excluding carboxylic acids is 1. The highest BCUT2D eigenvalue weighted by Crippen LogP contribution is 2.38. The van der Waals surface area contributed by atoms with E-state index in [1.165, 1.54) is 48.5 Å². The molecule has 0 bridgehead atoms. The highest BCUT2D eigenvalue weighted by atomic mass is 19.4. The van der Waals surface area contributed by atoms with E-state index in [0.717, 1.165) is 0 Å².